The third-order valence-corrected chi connectivity index (χ3v) is 2.95. The lowest BCUT2D eigenvalue weighted by Crippen LogP contribution is -2.14. The molecule has 1 amide bonds. The van der Waals surface area contributed by atoms with Crippen molar-refractivity contribution < 1.29 is 14.3 Å². The highest BCUT2D eigenvalue weighted by atomic mass is 16.5. The number of rotatable bonds is 4. The van der Waals surface area contributed by atoms with Crippen LogP contribution < -0.4 is 20.5 Å². The molecule has 21 heavy (non-hydrogen) atoms. The van der Waals surface area contributed by atoms with E-state index in [0.29, 0.717) is 28.4 Å². The summed E-state index contributed by atoms with van der Waals surface area (Å²) in [5, 5.41) is 2.77. The van der Waals surface area contributed by atoms with Crippen molar-refractivity contribution >= 4 is 17.3 Å². The summed E-state index contributed by atoms with van der Waals surface area (Å²) in [4.78, 5) is 16.4. The fourth-order valence-electron chi connectivity index (χ4n) is 1.91. The fraction of sp³-hybridized carbons (Fsp3) is 0.200. The van der Waals surface area contributed by atoms with Gasteiger partial charge in [0, 0.05) is 29.3 Å². The van der Waals surface area contributed by atoms with Gasteiger partial charge in [-0.05, 0) is 25.1 Å². The molecule has 0 atom stereocenters. The molecule has 0 aliphatic rings. The second kappa shape index (κ2) is 6.13. The van der Waals surface area contributed by atoms with Crippen molar-refractivity contribution in [3.63, 3.8) is 0 Å². The molecule has 0 aliphatic heterocycles. The smallest absolute Gasteiger partial charge is 0.257 e. The van der Waals surface area contributed by atoms with Crippen LogP contribution in [0, 0.1) is 6.92 Å². The van der Waals surface area contributed by atoms with Crippen molar-refractivity contribution in [2.24, 2.45) is 0 Å². The number of carbonyl (C=O) groups is 1. The number of carbonyl (C=O) groups excluding carboxylic acids is 1. The summed E-state index contributed by atoms with van der Waals surface area (Å²) in [6, 6.07) is 6.60. The van der Waals surface area contributed by atoms with Crippen molar-refractivity contribution in [2.45, 2.75) is 6.92 Å². The van der Waals surface area contributed by atoms with E-state index in [0.717, 1.165) is 5.69 Å². The highest BCUT2D eigenvalue weighted by molar-refractivity contribution is 6.08. The molecule has 2 rings (SSSR count). The number of hydrogen-bond donors (Lipinski definition) is 2. The molecule has 0 aliphatic carbocycles. The molecule has 1 heterocycles. The first kappa shape index (κ1) is 14.6. The van der Waals surface area contributed by atoms with Crippen LogP contribution >= 0.6 is 0 Å². The maximum atomic E-state index is 12.3. The predicted octanol–water partition coefficient (Wildman–Crippen LogP) is 2.24. The summed E-state index contributed by atoms with van der Waals surface area (Å²) in [7, 11) is 3.01. The average Bonchev–Trinajstić information content (AvgIpc) is 2.46. The molecule has 3 N–H and O–H groups in total. The van der Waals surface area contributed by atoms with E-state index in [2.05, 4.69) is 10.3 Å². The van der Waals surface area contributed by atoms with E-state index in [4.69, 9.17) is 15.2 Å². The molecule has 0 saturated carbocycles. The normalized spacial score (nSPS) is 10.0. The molecule has 6 nitrogen and oxygen atoms in total. The summed E-state index contributed by atoms with van der Waals surface area (Å²) in [6.45, 7) is 1.85. The summed E-state index contributed by atoms with van der Waals surface area (Å²) < 4.78 is 10.3. The highest BCUT2D eigenvalue weighted by Crippen LogP contribution is 2.32. The highest BCUT2D eigenvalue weighted by Gasteiger charge is 2.15. The van der Waals surface area contributed by atoms with E-state index in [1.807, 2.05) is 6.92 Å². The number of nitrogens with zero attached hydrogens (tertiary/aromatic N) is 1. The Morgan fingerprint density at radius 1 is 1.19 bits per heavy atom. The Hall–Kier alpha value is -2.76. The molecule has 6 heteroatoms. The minimum atomic E-state index is -0.320. The van der Waals surface area contributed by atoms with Crippen LogP contribution in [0.5, 0.6) is 11.5 Å². The SMILES string of the molecule is COc1cc(N)c(C(=O)Nc2ccnc(C)c2)cc1OC. The first-order valence-corrected chi connectivity index (χ1v) is 6.30. The molecule has 1 aromatic heterocycles. The second-order valence-electron chi connectivity index (χ2n) is 4.43. The van der Waals surface area contributed by atoms with Gasteiger partial charge in [-0.25, -0.2) is 0 Å². The molecule has 0 bridgehead atoms. The first-order chi connectivity index (χ1) is 10.0. The molecule has 2 aromatic rings. The number of nitrogens with two attached hydrogens (primary N) is 1. The quantitative estimate of drug-likeness (QED) is 0.842. The number of aryl methyl sites for hydroxylation is 1. The van der Waals surface area contributed by atoms with E-state index in [1.54, 1.807) is 30.5 Å². The number of hydrogen-bond acceptors (Lipinski definition) is 5. The zero-order valence-electron chi connectivity index (χ0n) is 12.1. The van der Waals surface area contributed by atoms with Crippen LogP contribution in [0.4, 0.5) is 11.4 Å². The number of methoxy groups -OCH3 is 2. The van der Waals surface area contributed by atoms with E-state index >= 15 is 0 Å². The van der Waals surface area contributed by atoms with Gasteiger partial charge < -0.3 is 20.5 Å². The second-order valence-corrected chi connectivity index (χ2v) is 4.43. The molecule has 0 saturated heterocycles. The van der Waals surface area contributed by atoms with Crippen LogP contribution in [0.15, 0.2) is 30.5 Å². The van der Waals surface area contributed by atoms with Gasteiger partial charge in [-0.1, -0.05) is 0 Å². The first-order valence-electron chi connectivity index (χ1n) is 6.30. The van der Waals surface area contributed by atoms with Gasteiger partial charge in [0.05, 0.1) is 19.8 Å². The number of aromatic nitrogens is 1. The van der Waals surface area contributed by atoms with Gasteiger partial charge in [-0.15, -0.1) is 0 Å². The number of benzene rings is 1. The molecule has 110 valence electrons. The van der Waals surface area contributed by atoms with Gasteiger partial charge in [0.25, 0.3) is 5.91 Å². The third kappa shape index (κ3) is 3.22. The number of nitrogens with one attached hydrogen (secondary N) is 1. The van der Waals surface area contributed by atoms with Crippen molar-refractivity contribution in [3.8, 4) is 11.5 Å². The van der Waals surface area contributed by atoms with Gasteiger partial charge in [0.2, 0.25) is 0 Å². The Kier molecular flexibility index (Phi) is 4.27. The van der Waals surface area contributed by atoms with Crippen molar-refractivity contribution in [3.05, 3.63) is 41.7 Å². The van der Waals surface area contributed by atoms with Gasteiger partial charge >= 0.3 is 0 Å². The zero-order chi connectivity index (χ0) is 15.4. The average molecular weight is 287 g/mol. The lowest BCUT2D eigenvalue weighted by atomic mass is 10.1. The largest absolute Gasteiger partial charge is 0.493 e. The summed E-state index contributed by atoms with van der Waals surface area (Å²) >= 11 is 0. The van der Waals surface area contributed by atoms with Crippen molar-refractivity contribution in [2.75, 3.05) is 25.3 Å². The summed E-state index contributed by atoms with van der Waals surface area (Å²) in [5.41, 5.74) is 8.00. The molecular weight excluding hydrogens is 270 g/mol. The Labute approximate surface area is 122 Å². The number of ether oxygens (including phenoxy) is 2. The van der Waals surface area contributed by atoms with Crippen molar-refractivity contribution in [1.82, 2.24) is 4.98 Å². The predicted molar refractivity (Wildman–Crippen MR) is 80.9 cm³/mol. The topological polar surface area (TPSA) is 86.5 Å². The monoisotopic (exact) mass is 287 g/mol. The van der Waals surface area contributed by atoms with E-state index in [-0.39, 0.29) is 5.91 Å². The standard InChI is InChI=1S/C15H17N3O3/c1-9-6-10(4-5-17-9)18-15(19)11-7-13(20-2)14(21-3)8-12(11)16/h4-8H,16H2,1-3H3,(H,17,18,19). The van der Waals surface area contributed by atoms with E-state index in [1.165, 1.54) is 14.2 Å². The van der Waals surface area contributed by atoms with Crippen LogP contribution in [0.2, 0.25) is 0 Å². The van der Waals surface area contributed by atoms with Crippen LogP contribution in [0.3, 0.4) is 0 Å². The van der Waals surface area contributed by atoms with Crippen molar-refractivity contribution in [1.29, 1.82) is 0 Å². The van der Waals surface area contributed by atoms with Crippen LogP contribution in [-0.2, 0) is 0 Å². The molecule has 0 radical (unpaired) electrons. The van der Waals surface area contributed by atoms with Crippen LogP contribution in [0.1, 0.15) is 16.1 Å². The maximum Gasteiger partial charge on any atom is 0.257 e. The minimum absolute atomic E-state index is 0.316. The molecule has 0 spiro atoms. The Morgan fingerprint density at radius 3 is 2.48 bits per heavy atom. The van der Waals surface area contributed by atoms with Crippen LogP contribution in [0.25, 0.3) is 0 Å². The molecule has 1 aromatic carbocycles. The van der Waals surface area contributed by atoms with E-state index < -0.39 is 0 Å². The lowest BCUT2D eigenvalue weighted by Gasteiger charge is -2.12. The van der Waals surface area contributed by atoms with E-state index in [9.17, 15) is 4.79 Å². The van der Waals surface area contributed by atoms with Crippen LogP contribution in [-0.4, -0.2) is 25.1 Å². The molecular formula is C15H17N3O3. The minimum Gasteiger partial charge on any atom is -0.493 e. The summed E-state index contributed by atoms with van der Waals surface area (Å²) in [5.74, 6) is 0.605. The zero-order valence-corrected chi connectivity index (χ0v) is 12.1. The van der Waals surface area contributed by atoms with Gasteiger partial charge in [0.1, 0.15) is 0 Å². The Balaban J connectivity index is 2.31. The number of anilines is 2. The Morgan fingerprint density at radius 2 is 1.86 bits per heavy atom. The Bertz CT molecular complexity index is 671. The lowest BCUT2D eigenvalue weighted by molar-refractivity contribution is 0.102. The summed E-state index contributed by atoms with van der Waals surface area (Å²) in [6.07, 6.45) is 1.63. The molecule has 0 unspecified atom stereocenters. The number of amides is 1. The number of nitrogen functional groups attached to an aromatic ring is 1. The third-order valence-electron chi connectivity index (χ3n) is 2.95. The fourth-order valence-corrected chi connectivity index (χ4v) is 1.91. The van der Waals surface area contributed by atoms with Gasteiger partial charge in [-0.2, -0.15) is 0 Å². The van der Waals surface area contributed by atoms with Gasteiger partial charge in [0.15, 0.2) is 11.5 Å². The van der Waals surface area contributed by atoms with Gasteiger partial charge in [-0.3, -0.25) is 9.78 Å². The molecule has 0 fully saturated rings. The maximum absolute atomic E-state index is 12.3. The number of pyridine rings is 1.